The van der Waals surface area contributed by atoms with Crippen LogP contribution in [0.5, 0.6) is 0 Å². The predicted molar refractivity (Wildman–Crippen MR) is 122 cm³/mol. The number of nitrogens with zero attached hydrogens (tertiary/aromatic N) is 2. The Bertz CT molecular complexity index is 686. The van der Waals surface area contributed by atoms with Gasteiger partial charge in [-0.1, -0.05) is 87.7 Å². The molecule has 1 fully saturated rings. The Balaban J connectivity index is 0.00000300. The van der Waals surface area contributed by atoms with Crippen molar-refractivity contribution in [1.29, 1.82) is 0 Å². The van der Waals surface area contributed by atoms with Crippen LogP contribution in [0.3, 0.4) is 0 Å². The molecule has 2 unspecified atom stereocenters. The number of benzene rings is 1. The number of rotatable bonds is 11. The molecule has 2 aromatic rings. The Hall–Kier alpha value is -1.39. The molecule has 5 heteroatoms. The number of unbranched alkanes of at least 4 members (excludes halogenated alkanes) is 7. The van der Waals surface area contributed by atoms with Crippen LogP contribution in [-0.2, 0) is 6.42 Å². The van der Waals surface area contributed by atoms with Crippen molar-refractivity contribution in [2.75, 3.05) is 0 Å². The minimum atomic E-state index is 0. The van der Waals surface area contributed by atoms with Gasteiger partial charge in [0.2, 0.25) is 11.7 Å². The van der Waals surface area contributed by atoms with Gasteiger partial charge in [-0.15, -0.1) is 12.4 Å². The molecule has 0 spiro atoms. The van der Waals surface area contributed by atoms with Crippen LogP contribution in [0.15, 0.2) is 28.8 Å². The fourth-order valence-electron chi connectivity index (χ4n) is 4.25. The van der Waals surface area contributed by atoms with Crippen LogP contribution in [0, 0.1) is 0 Å². The largest absolute Gasteiger partial charge is 0.339 e. The maximum atomic E-state index is 6.09. The predicted octanol–water partition coefficient (Wildman–Crippen LogP) is 6.83. The van der Waals surface area contributed by atoms with E-state index in [4.69, 9.17) is 10.3 Å². The second-order valence-electron chi connectivity index (χ2n) is 8.50. The van der Waals surface area contributed by atoms with Crippen LogP contribution in [0.2, 0.25) is 0 Å². The van der Waals surface area contributed by atoms with Crippen molar-refractivity contribution < 1.29 is 4.52 Å². The Morgan fingerprint density at radius 2 is 1.66 bits per heavy atom. The van der Waals surface area contributed by atoms with Gasteiger partial charge in [-0.25, -0.2) is 0 Å². The van der Waals surface area contributed by atoms with Crippen molar-refractivity contribution >= 4 is 12.4 Å². The van der Waals surface area contributed by atoms with Gasteiger partial charge in [-0.05, 0) is 37.7 Å². The lowest BCUT2D eigenvalue weighted by molar-refractivity contribution is 0.299. The van der Waals surface area contributed by atoms with Gasteiger partial charge in [0.15, 0.2) is 0 Å². The zero-order valence-corrected chi connectivity index (χ0v) is 18.8. The van der Waals surface area contributed by atoms with Gasteiger partial charge in [0.05, 0.1) is 0 Å². The molecule has 1 aliphatic rings. The van der Waals surface area contributed by atoms with Crippen molar-refractivity contribution in [2.24, 2.45) is 5.73 Å². The Morgan fingerprint density at radius 1 is 0.966 bits per heavy atom. The van der Waals surface area contributed by atoms with E-state index < -0.39 is 0 Å². The quantitative estimate of drug-likeness (QED) is 0.405. The minimum absolute atomic E-state index is 0. The molecule has 0 bridgehead atoms. The van der Waals surface area contributed by atoms with E-state index in [9.17, 15) is 0 Å². The molecule has 1 aromatic heterocycles. The molecule has 0 saturated heterocycles. The fourth-order valence-corrected chi connectivity index (χ4v) is 4.25. The number of halogens is 1. The zero-order valence-electron chi connectivity index (χ0n) is 17.9. The fraction of sp³-hybridized carbons (Fsp3) is 0.667. The summed E-state index contributed by atoms with van der Waals surface area (Å²) in [5, 5.41) is 4.21. The SMILES string of the molecule is CCCCCCCCCCc1ccc(-c2noc(C3CCCC(N)C3)n2)cc1.Cl. The highest BCUT2D eigenvalue weighted by atomic mass is 35.5. The second kappa shape index (κ2) is 13.0. The first-order chi connectivity index (χ1) is 13.8. The first-order valence-corrected chi connectivity index (χ1v) is 11.4. The number of nitrogens with two attached hydrogens (primary N) is 1. The van der Waals surface area contributed by atoms with Crippen LogP contribution in [-0.4, -0.2) is 16.2 Å². The molecule has 0 radical (unpaired) electrons. The molecule has 0 amide bonds. The highest BCUT2D eigenvalue weighted by Crippen LogP contribution is 2.32. The molecule has 1 aromatic carbocycles. The molecule has 1 aliphatic carbocycles. The highest BCUT2D eigenvalue weighted by molar-refractivity contribution is 5.85. The topological polar surface area (TPSA) is 64.9 Å². The average Bonchev–Trinajstić information content (AvgIpc) is 3.21. The first kappa shape index (κ1) is 23.9. The third-order valence-electron chi connectivity index (χ3n) is 6.04. The molecule has 2 atom stereocenters. The molecular weight excluding hydrogens is 382 g/mol. The van der Waals surface area contributed by atoms with E-state index in [1.165, 1.54) is 56.9 Å². The lowest BCUT2D eigenvalue weighted by atomic mass is 9.86. The third kappa shape index (κ3) is 7.75. The molecule has 4 nitrogen and oxygen atoms in total. The van der Waals surface area contributed by atoms with Crippen molar-refractivity contribution in [3.05, 3.63) is 35.7 Å². The third-order valence-corrected chi connectivity index (χ3v) is 6.04. The maximum absolute atomic E-state index is 6.09. The van der Waals surface area contributed by atoms with E-state index >= 15 is 0 Å². The monoisotopic (exact) mass is 419 g/mol. The van der Waals surface area contributed by atoms with Gasteiger partial charge >= 0.3 is 0 Å². The summed E-state index contributed by atoms with van der Waals surface area (Å²) in [6, 6.07) is 8.94. The molecule has 0 aliphatic heterocycles. The lowest BCUT2D eigenvalue weighted by Gasteiger charge is -2.23. The van der Waals surface area contributed by atoms with Crippen LogP contribution in [0.4, 0.5) is 0 Å². The second-order valence-corrected chi connectivity index (χ2v) is 8.50. The van der Waals surface area contributed by atoms with E-state index in [1.807, 2.05) is 0 Å². The van der Waals surface area contributed by atoms with E-state index in [1.54, 1.807) is 0 Å². The molecule has 2 N–H and O–H groups in total. The number of hydrogen-bond acceptors (Lipinski definition) is 4. The van der Waals surface area contributed by atoms with Crippen molar-refractivity contribution in [3.8, 4) is 11.4 Å². The summed E-state index contributed by atoms with van der Waals surface area (Å²) >= 11 is 0. The van der Waals surface area contributed by atoms with Crippen LogP contribution in [0.25, 0.3) is 11.4 Å². The molecule has 3 rings (SSSR count). The standard InChI is InChI=1S/C24H37N3O.ClH/c1-2-3-4-5-6-7-8-9-11-19-14-16-20(17-15-19)23-26-24(28-27-23)21-12-10-13-22(25)18-21;/h14-17,21-22H,2-13,18,25H2,1H3;1H. The Kier molecular flexibility index (Phi) is 10.7. The summed E-state index contributed by atoms with van der Waals surface area (Å²) in [4.78, 5) is 4.65. The molecular formula is C24H38ClN3O. The van der Waals surface area contributed by atoms with E-state index in [2.05, 4.69) is 41.3 Å². The Morgan fingerprint density at radius 3 is 2.34 bits per heavy atom. The van der Waals surface area contributed by atoms with E-state index in [0.717, 1.165) is 43.6 Å². The summed E-state index contributed by atoms with van der Waals surface area (Å²) in [7, 11) is 0. The van der Waals surface area contributed by atoms with Gasteiger partial charge in [0.25, 0.3) is 0 Å². The average molecular weight is 420 g/mol. The Labute approximate surface area is 182 Å². The summed E-state index contributed by atoms with van der Waals surface area (Å²) in [6.45, 7) is 2.27. The molecule has 29 heavy (non-hydrogen) atoms. The smallest absolute Gasteiger partial charge is 0.230 e. The van der Waals surface area contributed by atoms with Crippen molar-refractivity contribution in [2.45, 2.75) is 102 Å². The van der Waals surface area contributed by atoms with Crippen molar-refractivity contribution in [1.82, 2.24) is 10.1 Å². The summed E-state index contributed by atoms with van der Waals surface area (Å²) in [6.07, 6.45) is 16.4. The van der Waals surface area contributed by atoms with Gasteiger partial charge in [-0.2, -0.15) is 4.98 Å². The van der Waals surface area contributed by atoms with Gasteiger partial charge in [0.1, 0.15) is 0 Å². The van der Waals surface area contributed by atoms with Crippen LogP contribution in [0.1, 0.15) is 101 Å². The summed E-state index contributed by atoms with van der Waals surface area (Å²) < 4.78 is 5.55. The highest BCUT2D eigenvalue weighted by Gasteiger charge is 2.25. The van der Waals surface area contributed by atoms with Gasteiger partial charge in [-0.3, -0.25) is 0 Å². The number of aryl methyl sites for hydroxylation is 1. The van der Waals surface area contributed by atoms with E-state index in [0.29, 0.717) is 11.7 Å². The molecule has 1 heterocycles. The lowest BCUT2D eigenvalue weighted by Crippen LogP contribution is -2.26. The normalized spacial score (nSPS) is 19.1. The minimum Gasteiger partial charge on any atom is -0.339 e. The van der Waals surface area contributed by atoms with Crippen molar-refractivity contribution in [3.63, 3.8) is 0 Å². The summed E-state index contributed by atoms with van der Waals surface area (Å²) in [5.74, 6) is 1.78. The van der Waals surface area contributed by atoms with Gasteiger partial charge in [0, 0.05) is 17.5 Å². The van der Waals surface area contributed by atoms with E-state index in [-0.39, 0.29) is 18.4 Å². The molecule has 1 saturated carbocycles. The zero-order chi connectivity index (χ0) is 19.6. The number of aromatic nitrogens is 2. The van der Waals surface area contributed by atoms with Crippen LogP contribution >= 0.6 is 12.4 Å². The number of hydrogen-bond donors (Lipinski definition) is 1. The van der Waals surface area contributed by atoms with Gasteiger partial charge < -0.3 is 10.3 Å². The molecule has 162 valence electrons. The summed E-state index contributed by atoms with van der Waals surface area (Å²) in [5.41, 5.74) is 8.53. The van der Waals surface area contributed by atoms with Crippen LogP contribution < -0.4 is 5.73 Å². The maximum Gasteiger partial charge on any atom is 0.230 e. The first-order valence-electron chi connectivity index (χ1n) is 11.4.